The van der Waals surface area contributed by atoms with Crippen LogP contribution in [0.2, 0.25) is 0 Å². The van der Waals surface area contributed by atoms with Gasteiger partial charge in [0.25, 0.3) is 0 Å². The average molecular weight is 470 g/mol. The normalized spacial score (nSPS) is 13.1. The third-order valence-electron chi connectivity index (χ3n) is 6.13. The monoisotopic (exact) mass is 469 g/mol. The van der Waals surface area contributed by atoms with E-state index in [0.29, 0.717) is 25.4 Å². The fourth-order valence-corrected chi connectivity index (χ4v) is 4.23. The lowest BCUT2D eigenvalue weighted by Crippen LogP contribution is -2.34. The molecule has 5 rings (SSSR count). The first-order valence-corrected chi connectivity index (χ1v) is 11.5. The third kappa shape index (κ3) is 4.99. The number of methoxy groups -OCH3 is 2. The lowest BCUT2D eigenvalue weighted by atomic mass is 9.98. The Kier molecular flexibility index (Phi) is 6.39. The Morgan fingerprint density at radius 2 is 1.80 bits per heavy atom. The summed E-state index contributed by atoms with van der Waals surface area (Å²) in [5.41, 5.74) is 4.97. The Balaban J connectivity index is 1.18. The van der Waals surface area contributed by atoms with E-state index in [2.05, 4.69) is 4.98 Å². The summed E-state index contributed by atoms with van der Waals surface area (Å²) in [6, 6.07) is 17.5. The highest BCUT2D eigenvalue weighted by atomic mass is 16.5. The summed E-state index contributed by atoms with van der Waals surface area (Å²) in [6.45, 7) is 1.61. The molecular weight excluding hydrogens is 442 g/mol. The van der Waals surface area contributed by atoms with Gasteiger partial charge in [-0.2, -0.15) is 0 Å². The van der Waals surface area contributed by atoms with E-state index in [-0.39, 0.29) is 5.91 Å². The number of hydrogen-bond acceptors (Lipinski definition) is 5. The van der Waals surface area contributed by atoms with E-state index in [1.54, 1.807) is 20.3 Å². The minimum absolute atomic E-state index is 0.0161. The van der Waals surface area contributed by atoms with Crippen LogP contribution in [-0.4, -0.2) is 41.0 Å². The first-order valence-electron chi connectivity index (χ1n) is 11.5. The first kappa shape index (κ1) is 22.5. The number of rotatable bonds is 7. The summed E-state index contributed by atoms with van der Waals surface area (Å²) in [4.78, 5) is 19.2. The smallest absolute Gasteiger partial charge is 0.246 e. The van der Waals surface area contributed by atoms with Crippen LogP contribution in [0.15, 0.2) is 73.1 Å². The lowest BCUT2D eigenvalue weighted by molar-refractivity contribution is -0.126. The van der Waals surface area contributed by atoms with Crippen molar-refractivity contribution in [2.24, 2.45) is 0 Å². The molecule has 35 heavy (non-hydrogen) atoms. The molecule has 1 aliphatic rings. The van der Waals surface area contributed by atoms with Gasteiger partial charge in [0.2, 0.25) is 5.91 Å². The van der Waals surface area contributed by atoms with Crippen molar-refractivity contribution in [3.63, 3.8) is 0 Å². The van der Waals surface area contributed by atoms with Gasteiger partial charge in [0.15, 0.2) is 11.5 Å². The van der Waals surface area contributed by atoms with Gasteiger partial charge in [-0.05, 0) is 65.6 Å². The molecule has 3 heterocycles. The summed E-state index contributed by atoms with van der Waals surface area (Å²) in [7, 11) is 3.25. The molecule has 0 bridgehead atoms. The second kappa shape index (κ2) is 9.93. The maximum atomic E-state index is 12.8. The van der Waals surface area contributed by atoms with Gasteiger partial charge >= 0.3 is 0 Å². The number of nitrogens with zero attached hydrogens (tertiary/aromatic N) is 3. The largest absolute Gasteiger partial charge is 0.493 e. The highest BCUT2D eigenvalue weighted by molar-refractivity contribution is 5.92. The fourth-order valence-electron chi connectivity index (χ4n) is 4.23. The molecule has 2 aromatic carbocycles. The first-order chi connectivity index (χ1) is 17.1. The van der Waals surface area contributed by atoms with Gasteiger partial charge in [-0.1, -0.05) is 18.2 Å². The zero-order valence-electron chi connectivity index (χ0n) is 19.8. The Bertz CT molecular complexity index is 1340. The summed E-state index contributed by atoms with van der Waals surface area (Å²) >= 11 is 0. The molecule has 0 saturated carbocycles. The molecule has 0 atom stereocenters. The fraction of sp³-hybridized carbons (Fsp3) is 0.214. The van der Waals surface area contributed by atoms with E-state index < -0.39 is 0 Å². The Hall–Kier alpha value is -4.26. The van der Waals surface area contributed by atoms with Gasteiger partial charge in [-0.25, -0.2) is 4.98 Å². The molecule has 1 aliphatic heterocycles. The standard InChI is InChI=1S/C28H27N3O4/c1-33-25-15-21-12-14-31(17-22(21)16-26(25)34-2)28(32)11-8-20-6-9-24(10-7-20)35-19-23-18-30-13-4-3-5-27(30)29-23/h3-11,13,15-16,18H,12,14,17,19H2,1-2H3/b11-8+. The number of imidazole rings is 1. The molecule has 7 nitrogen and oxygen atoms in total. The summed E-state index contributed by atoms with van der Waals surface area (Å²) < 4.78 is 18.6. The number of ether oxygens (including phenoxy) is 3. The number of aromatic nitrogens is 2. The minimum Gasteiger partial charge on any atom is -0.493 e. The van der Waals surface area contributed by atoms with Crippen molar-refractivity contribution >= 4 is 17.6 Å². The van der Waals surface area contributed by atoms with Crippen LogP contribution in [0.25, 0.3) is 11.7 Å². The van der Waals surface area contributed by atoms with Crippen molar-refractivity contribution < 1.29 is 19.0 Å². The van der Waals surface area contributed by atoms with E-state index >= 15 is 0 Å². The Labute approximate surface area is 204 Å². The van der Waals surface area contributed by atoms with Crippen LogP contribution >= 0.6 is 0 Å². The molecule has 0 fully saturated rings. The topological polar surface area (TPSA) is 65.3 Å². The number of benzene rings is 2. The van der Waals surface area contributed by atoms with Crippen LogP contribution in [0.1, 0.15) is 22.4 Å². The summed E-state index contributed by atoms with van der Waals surface area (Å²) in [5, 5.41) is 0. The molecule has 4 aromatic rings. The highest BCUT2D eigenvalue weighted by Gasteiger charge is 2.21. The van der Waals surface area contributed by atoms with Crippen LogP contribution in [-0.2, 0) is 24.4 Å². The van der Waals surface area contributed by atoms with Gasteiger partial charge in [0.1, 0.15) is 18.0 Å². The molecule has 0 aliphatic carbocycles. The molecule has 0 radical (unpaired) electrons. The van der Waals surface area contributed by atoms with E-state index in [0.717, 1.165) is 40.4 Å². The maximum Gasteiger partial charge on any atom is 0.246 e. The predicted molar refractivity (Wildman–Crippen MR) is 134 cm³/mol. The Morgan fingerprint density at radius 1 is 1.03 bits per heavy atom. The van der Waals surface area contributed by atoms with Crippen molar-refractivity contribution in [3.8, 4) is 17.2 Å². The number of hydrogen-bond donors (Lipinski definition) is 0. The maximum absolute atomic E-state index is 12.8. The van der Waals surface area contributed by atoms with E-state index in [1.807, 2.05) is 82.4 Å². The quantitative estimate of drug-likeness (QED) is 0.372. The van der Waals surface area contributed by atoms with Crippen molar-refractivity contribution in [1.82, 2.24) is 14.3 Å². The van der Waals surface area contributed by atoms with E-state index in [4.69, 9.17) is 14.2 Å². The van der Waals surface area contributed by atoms with E-state index in [1.165, 1.54) is 5.56 Å². The van der Waals surface area contributed by atoms with Crippen molar-refractivity contribution in [2.75, 3.05) is 20.8 Å². The molecule has 178 valence electrons. The van der Waals surface area contributed by atoms with Gasteiger partial charge in [0, 0.05) is 31.6 Å². The van der Waals surface area contributed by atoms with Gasteiger partial charge in [-0.3, -0.25) is 4.79 Å². The molecule has 0 saturated heterocycles. The molecule has 0 N–H and O–H groups in total. The minimum atomic E-state index is -0.0161. The third-order valence-corrected chi connectivity index (χ3v) is 6.13. The van der Waals surface area contributed by atoms with Crippen LogP contribution in [0.5, 0.6) is 17.2 Å². The molecule has 0 spiro atoms. The van der Waals surface area contributed by atoms with Crippen LogP contribution < -0.4 is 14.2 Å². The van der Waals surface area contributed by atoms with Crippen molar-refractivity contribution in [2.45, 2.75) is 19.6 Å². The number of carbonyl (C=O) groups excluding carboxylic acids is 1. The molecule has 7 heteroatoms. The molecule has 1 amide bonds. The van der Waals surface area contributed by atoms with E-state index in [9.17, 15) is 4.79 Å². The number of carbonyl (C=O) groups is 1. The van der Waals surface area contributed by atoms with Crippen molar-refractivity contribution in [3.05, 3.63) is 95.5 Å². The predicted octanol–water partition coefficient (Wildman–Crippen LogP) is 4.53. The Morgan fingerprint density at radius 3 is 2.54 bits per heavy atom. The number of amides is 1. The van der Waals surface area contributed by atoms with Gasteiger partial charge < -0.3 is 23.5 Å². The number of pyridine rings is 1. The average Bonchev–Trinajstić information content (AvgIpc) is 3.33. The second-order valence-corrected chi connectivity index (χ2v) is 8.38. The number of fused-ring (bicyclic) bond motifs is 2. The highest BCUT2D eigenvalue weighted by Crippen LogP contribution is 2.33. The zero-order chi connectivity index (χ0) is 24.2. The van der Waals surface area contributed by atoms with Crippen LogP contribution in [0.3, 0.4) is 0 Å². The molecule has 0 unspecified atom stereocenters. The zero-order valence-corrected chi connectivity index (χ0v) is 19.8. The molecular formula is C28H27N3O4. The summed E-state index contributed by atoms with van der Waals surface area (Å²) in [5.74, 6) is 2.14. The SMILES string of the molecule is COc1cc2c(cc1OC)CN(C(=O)/C=C/c1ccc(OCc3cn4ccccc4n3)cc1)CC2. The summed E-state index contributed by atoms with van der Waals surface area (Å²) in [6.07, 6.45) is 8.17. The molecule has 2 aromatic heterocycles. The second-order valence-electron chi connectivity index (χ2n) is 8.38. The van der Waals surface area contributed by atoms with Gasteiger partial charge in [-0.15, -0.1) is 0 Å². The van der Waals surface area contributed by atoms with Crippen LogP contribution in [0.4, 0.5) is 0 Å². The van der Waals surface area contributed by atoms with Crippen molar-refractivity contribution in [1.29, 1.82) is 0 Å². The van der Waals surface area contributed by atoms with Crippen LogP contribution in [0, 0.1) is 0 Å². The van der Waals surface area contributed by atoms with Gasteiger partial charge in [0.05, 0.1) is 19.9 Å². The lowest BCUT2D eigenvalue weighted by Gasteiger charge is -2.28.